The summed E-state index contributed by atoms with van der Waals surface area (Å²) in [4.78, 5) is 238. The van der Waals surface area contributed by atoms with Crippen LogP contribution in [0.25, 0.3) is 0 Å². The highest BCUT2D eigenvalue weighted by Crippen LogP contribution is 2.23. The van der Waals surface area contributed by atoms with Crippen LogP contribution in [0.4, 0.5) is 0 Å². The second-order valence-corrected chi connectivity index (χ2v) is 26.5. The lowest BCUT2D eigenvalue weighted by Gasteiger charge is -2.33. The van der Waals surface area contributed by atoms with Crippen LogP contribution in [-0.2, 0) is 110 Å². The van der Waals surface area contributed by atoms with E-state index in [1.165, 1.54) is 43.3 Å². The van der Waals surface area contributed by atoms with Crippen molar-refractivity contribution in [2.75, 3.05) is 13.1 Å². The van der Waals surface area contributed by atoms with Gasteiger partial charge in [-0.05, 0) is 80.0 Å². The quantitative estimate of drug-likeness (QED) is 0.0277. The topological polar surface area (TPSA) is 668 Å². The second-order valence-electron chi connectivity index (χ2n) is 25.4. The van der Waals surface area contributed by atoms with E-state index in [4.69, 9.17) is 16.0 Å². The van der Waals surface area contributed by atoms with Gasteiger partial charge in [-0.1, -0.05) is 76.6 Å². The van der Waals surface area contributed by atoms with E-state index in [9.17, 15) is 125 Å². The Balaban J connectivity index is 1.98. The molecule has 2 aromatic carbocycles. The highest BCUT2D eigenvalue weighted by molar-refractivity contribution is 7.81. The first-order chi connectivity index (χ1) is 50.1. The first-order valence-electron chi connectivity index (χ1n) is 33.5. The molecule has 1 aliphatic rings. The average molecular weight is 1530 g/mol. The summed E-state index contributed by atoms with van der Waals surface area (Å²) < 4.78 is 36.1. The van der Waals surface area contributed by atoms with Gasteiger partial charge in [0.15, 0.2) is 0 Å². The van der Waals surface area contributed by atoms with Crippen molar-refractivity contribution in [2.45, 2.75) is 197 Å². The summed E-state index contributed by atoms with van der Waals surface area (Å²) in [5, 5.41) is 81.4. The van der Waals surface area contributed by atoms with Gasteiger partial charge in [-0.25, -0.2) is 4.79 Å². The Morgan fingerprint density at radius 1 is 0.514 bits per heavy atom. The molecule has 1 saturated heterocycles. The Hall–Kier alpha value is -11.4. The number of nitrogens with zero attached hydrogens (tertiary/aromatic N) is 1. The summed E-state index contributed by atoms with van der Waals surface area (Å²) in [5.41, 5.74) is 11.1. The van der Waals surface area contributed by atoms with E-state index in [2.05, 4.69) is 57.4 Å². The van der Waals surface area contributed by atoms with Crippen LogP contribution in [0.3, 0.4) is 0 Å². The Kier molecular flexibility index (Phi) is 36.7. The lowest BCUT2D eigenvalue weighted by Crippen LogP contribution is -2.61. The monoisotopic (exact) mass is 1530 g/mol. The van der Waals surface area contributed by atoms with Gasteiger partial charge in [0, 0.05) is 45.1 Å². The molecule has 0 radical (unpaired) electrons. The molecule has 0 saturated carbocycles. The maximum atomic E-state index is 14.8. The van der Waals surface area contributed by atoms with E-state index in [-0.39, 0.29) is 49.5 Å². The Bertz CT molecular complexity index is 3680. The van der Waals surface area contributed by atoms with Crippen molar-refractivity contribution in [3.63, 3.8) is 0 Å². The molecule has 1 heterocycles. The van der Waals surface area contributed by atoms with Gasteiger partial charge in [-0.15, -0.1) is 0 Å². The molecule has 12 amide bonds. The van der Waals surface area contributed by atoms with Crippen LogP contribution >= 0.6 is 0 Å². The average Bonchev–Trinajstić information content (AvgIpc) is 1.73. The van der Waals surface area contributed by atoms with Gasteiger partial charge in [0.2, 0.25) is 70.9 Å². The summed E-state index contributed by atoms with van der Waals surface area (Å²) in [5.74, 6) is -24.6. The molecule has 1 fully saturated rings. The number of carbonyl (C=O) groups is 18. The van der Waals surface area contributed by atoms with Gasteiger partial charge in [0.05, 0.1) is 25.4 Å². The van der Waals surface area contributed by atoms with Crippen molar-refractivity contribution in [1.29, 1.82) is 0 Å². The number of aliphatic carboxylic acids is 6. The zero-order valence-corrected chi connectivity index (χ0v) is 59.5. The molecule has 2 aromatic rings. The molecule has 0 unspecified atom stereocenters. The number of likely N-dealkylation sites (tertiary alicyclic amines) is 1. The first-order valence-corrected chi connectivity index (χ1v) is 34.9. The Morgan fingerprint density at radius 2 is 0.925 bits per heavy atom. The number of carboxylic acids is 6. The first kappa shape index (κ1) is 89.8. The van der Waals surface area contributed by atoms with E-state index in [1.807, 2.05) is 0 Å². The lowest BCUT2D eigenvalue weighted by molar-refractivity contribution is -0.144. The number of hydrogen-bond donors (Lipinski definition) is 19. The van der Waals surface area contributed by atoms with E-state index in [0.29, 0.717) is 5.56 Å². The van der Waals surface area contributed by atoms with Crippen LogP contribution in [0.5, 0.6) is 5.75 Å². The molecule has 590 valence electrons. The lowest BCUT2D eigenvalue weighted by atomic mass is 9.96. The maximum absolute atomic E-state index is 14.8. The molecule has 41 nitrogen and oxygen atoms in total. The fourth-order valence-corrected chi connectivity index (χ4v) is 11.1. The maximum Gasteiger partial charge on any atom is 0.446 e. The second kappa shape index (κ2) is 43.8. The van der Waals surface area contributed by atoms with Crippen LogP contribution < -0.4 is 68.8 Å². The number of nitrogens with two attached hydrogens (primary N) is 2. The van der Waals surface area contributed by atoms with Gasteiger partial charge in [0.25, 0.3) is 0 Å². The van der Waals surface area contributed by atoms with E-state index in [1.54, 1.807) is 26.8 Å². The molecule has 42 heteroatoms. The van der Waals surface area contributed by atoms with Crippen molar-refractivity contribution in [2.24, 2.45) is 23.3 Å². The van der Waals surface area contributed by atoms with Crippen LogP contribution in [0.2, 0.25) is 0 Å². The van der Waals surface area contributed by atoms with E-state index >= 15 is 0 Å². The van der Waals surface area contributed by atoms with Crippen molar-refractivity contribution in [3.05, 3.63) is 65.7 Å². The van der Waals surface area contributed by atoms with Crippen LogP contribution in [0.1, 0.15) is 129 Å². The summed E-state index contributed by atoms with van der Waals surface area (Å²) in [6, 6.07) is -7.10. The number of hydrogen-bond acceptors (Lipinski definition) is 22. The molecule has 1 aliphatic heterocycles. The van der Waals surface area contributed by atoms with Crippen molar-refractivity contribution in [1.82, 2.24) is 58.1 Å². The SMILES string of the molecule is CC[C@H](C)[C@H](NC(=O)[C@H](CCC(=O)O)NC(=O)[C@H](CCC(=O)O)NC(=O)[C@H](Cc1ccccc1)NC(=O)[C@H](CC(=O)O)NC(=O)CNC(=O)[C@@H](N)CC(N)=O)C(=O)N1CCC[C@H]1C(=O)N[C@@H](CCC(=O)O)C(=O)N[C@@H](CCC(=O)O)C(=O)N[C@@H](Cc1ccc(OS(=O)(=O)O)cc1)C(=O)N[C@@H](CC(C)C)C(=O)O. The minimum absolute atomic E-state index is 0.0884. The van der Waals surface area contributed by atoms with E-state index < -0.39 is 273 Å². The third kappa shape index (κ3) is 33.1. The minimum atomic E-state index is -4.99. The van der Waals surface area contributed by atoms with Gasteiger partial charge in [-0.3, -0.25) is 86.1 Å². The van der Waals surface area contributed by atoms with Gasteiger partial charge in [0.1, 0.15) is 66.2 Å². The molecule has 21 N–H and O–H groups in total. The molecule has 12 atom stereocenters. The number of primary amides is 1. The number of amides is 12. The van der Waals surface area contributed by atoms with Crippen molar-refractivity contribution >= 4 is 117 Å². The number of carbonyl (C=O) groups excluding carboxylic acids is 12. The summed E-state index contributed by atoms with van der Waals surface area (Å²) >= 11 is 0. The number of nitrogens with one attached hydrogen (secondary N) is 10. The number of benzene rings is 2. The van der Waals surface area contributed by atoms with E-state index in [0.717, 1.165) is 17.0 Å². The predicted octanol–water partition coefficient (Wildman–Crippen LogP) is -4.56. The van der Waals surface area contributed by atoms with Gasteiger partial charge < -0.3 is 104 Å². The third-order valence-electron chi connectivity index (χ3n) is 16.4. The van der Waals surface area contributed by atoms with Crippen LogP contribution in [0, 0.1) is 11.8 Å². The number of rotatable bonds is 48. The predicted molar refractivity (Wildman–Crippen MR) is 366 cm³/mol. The summed E-state index contributed by atoms with van der Waals surface area (Å²) in [6.07, 6.45) is -8.96. The molecule has 3 rings (SSSR count). The Morgan fingerprint density at radius 3 is 1.34 bits per heavy atom. The standard InChI is InChI=1S/C65H91N13O28S/c1-5-33(4)54(77-59(95)41(20-24-52(87)88)71-56(92)38(17-21-49(81)82)72-60(96)42(27-34-10-7-6-8-11-34)75-62(98)44(30-53(89)90)69-48(80)31-68-55(91)37(66)29-47(67)79)64(100)78-25-9-12-46(78)63(99)73-40(19-23-51(85)86)57(93)70-39(18-22-50(83)84)58(94)74-43(61(97)76-45(65(101)102)26-32(2)3)28-35-13-15-36(16-14-35)106-107(103,104)105/h6-8,10-11,13-16,32-33,37-46,54H,5,9,12,17-31,66H2,1-4H3,(H2,67,79)(H,68,91)(H,69,80)(H,70,93)(H,71,92)(H,72,96)(H,73,99)(H,74,94)(H,75,98)(H,76,97)(H,77,95)(H,81,82)(H,83,84)(H,85,86)(H,87,88)(H,89,90)(H,101,102)(H,103,104,105)/t33-,37-,38-,39-,40-,41-,42-,43-,44-,45-,46-,54-/m0/s1. The number of carboxylic acid groups (broad SMARTS) is 6. The van der Waals surface area contributed by atoms with Crippen LogP contribution in [0.15, 0.2) is 54.6 Å². The normalized spacial score (nSPS) is 15.7. The molecule has 0 aromatic heterocycles. The minimum Gasteiger partial charge on any atom is -0.481 e. The highest BCUT2D eigenvalue weighted by Gasteiger charge is 2.43. The van der Waals surface area contributed by atoms with Gasteiger partial charge >= 0.3 is 46.2 Å². The Labute approximate surface area is 611 Å². The van der Waals surface area contributed by atoms with Crippen molar-refractivity contribution in [3.8, 4) is 5.75 Å². The molecular weight excluding hydrogens is 1440 g/mol. The fourth-order valence-electron chi connectivity index (χ4n) is 10.7. The summed E-state index contributed by atoms with van der Waals surface area (Å²) in [6.45, 7) is 5.29. The van der Waals surface area contributed by atoms with Crippen molar-refractivity contribution < 1.29 is 134 Å². The molecule has 107 heavy (non-hydrogen) atoms. The highest BCUT2D eigenvalue weighted by atomic mass is 32.3. The largest absolute Gasteiger partial charge is 0.481 e. The smallest absolute Gasteiger partial charge is 0.446 e. The fraction of sp³-hybridized carbons (Fsp3) is 0.538. The molecule has 0 spiro atoms. The molecular formula is C65H91N13O28S. The molecule has 0 aliphatic carbocycles. The zero-order chi connectivity index (χ0) is 80.6. The van der Waals surface area contributed by atoms with Gasteiger partial charge in [-0.2, -0.15) is 8.42 Å². The zero-order valence-electron chi connectivity index (χ0n) is 58.6. The molecule has 0 bridgehead atoms. The summed E-state index contributed by atoms with van der Waals surface area (Å²) in [7, 11) is -4.99. The third-order valence-corrected chi connectivity index (χ3v) is 16.8. The van der Waals surface area contributed by atoms with Crippen LogP contribution in [-0.4, -0.2) is 235 Å².